The minimum atomic E-state index is -0.535. The lowest BCUT2D eigenvalue weighted by molar-refractivity contribution is -0.129. The van der Waals surface area contributed by atoms with Gasteiger partial charge in [-0.2, -0.15) is 11.8 Å². The highest BCUT2D eigenvalue weighted by Gasteiger charge is 2.53. The summed E-state index contributed by atoms with van der Waals surface area (Å²) in [5.41, 5.74) is -0.535. The molecule has 1 N–H and O–H groups in total. The Kier molecular flexibility index (Phi) is 4.20. The largest absolute Gasteiger partial charge is 0.325 e. The van der Waals surface area contributed by atoms with Gasteiger partial charge in [-0.1, -0.05) is 19.8 Å². The third kappa shape index (κ3) is 2.37. The lowest BCUT2D eigenvalue weighted by atomic mass is 9.75. The molecule has 0 bridgehead atoms. The van der Waals surface area contributed by atoms with Crippen LogP contribution >= 0.6 is 11.8 Å². The van der Waals surface area contributed by atoms with E-state index >= 15 is 0 Å². The number of nitrogens with zero attached hydrogens (tertiary/aromatic N) is 1. The van der Waals surface area contributed by atoms with E-state index in [1.54, 1.807) is 16.7 Å². The van der Waals surface area contributed by atoms with Crippen LogP contribution in [0.2, 0.25) is 0 Å². The smallest absolute Gasteiger partial charge is 0.310 e. The normalized spacial score (nSPS) is 32.1. The average Bonchev–Trinajstić information content (AvgIpc) is 2.53. The van der Waals surface area contributed by atoms with Gasteiger partial charge in [-0.15, -0.1) is 0 Å². The van der Waals surface area contributed by atoms with Gasteiger partial charge in [0.1, 0.15) is 5.54 Å². The van der Waals surface area contributed by atoms with Crippen molar-refractivity contribution in [2.75, 3.05) is 18.6 Å². The van der Waals surface area contributed by atoms with Crippen LogP contribution in [-0.2, 0) is 4.79 Å². The molecule has 2 unspecified atom stereocenters. The monoisotopic (exact) mass is 270 g/mol. The van der Waals surface area contributed by atoms with E-state index in [-0.39, 0.29) is 11.9 Å². The molecule has 1 aliphatic carbocycles. The zero-order valence-corrected chi connectivity index (χ0v) is 12.0. The molecule has 102 valence electrons. The third-order valence-corrected chi connectivity index (χ3v) is 4.81. The molecule has 1 saturated carbocycles. The van der Waals surface area contributed by atoms with Crippen LogP contribution in [0.4, 0.5) is 4.79 Å². The fourth-order valence-electron chi connectivity index (χ4n) is 3.26. The molecular weight excluding hydrogens is 248 g/mol. The highest BCUT2D eigenvalue weighted by atomic mass is 32.2. The minimum Gasteiger partial charge on any atom is -0.310 e. The first-order chi connectivity index (χ1) is 8.60. The van der Waals surface area contributed by atoms with Crippen molar-refractivity contribution < 1.29 is 9.59 Å². The first kappa shape index (κ1) is 13.7. The topological polar surface area (TPSA) is 49.4 Å². The Morgan fingerprint density at radius 3 is 2.94 bits per heavy atom. The van der Waals surface area contributed by atoms with Crippen LogP contribution in [0.25, 0.3) is 0 Å². The first-order valence-corrected chi connectivity index (χ1v) is 8.11. The summed E-state index contributed by atoms with van der Waals surface area (Å²) in [4.78, 5) is 25.9. The number of rotatable bonds is 4. The van der Waals surface area contributed by atoms with Crippen molar-refractivity contribution in [3.63, 3.8) is 0 Å². The Bertz CT molecular complexity index is 348. The average molecular weight is 270 g/mol. The van der Waals surface area contributed by atoms with Crippen molar-refractivity contribution in [3.05, 3.63) is 0 Å². The molecule has 0 aromatic heterocycles. The summed E-state index contributed by atoms with van der Waals surface area (Å²) in [6.45, 7) is 2.88. The van der Waals surface area contributed by atoms with Crippen LogP contribution in [-0.4, -0.2) is 40.9 Å². The second kappa shape index (κ2) is 5.51. The van der Waals surface area contributed by atoms with Gasteiger partial charge in [0.15, 0.2) is 0 Å². The molecule has 3 amide bonds. The van der Waals surface area contributed by atoms with Crippen LogP contribution < -0.4 is 5.32 Å². The summed E-state index contributed by atoms with van der Waals surface area (Å²) >= 11 is 1.78. The summed E-state index contributed by atoms with van der Waals surface area (Å²) in [7, 11) is 0. The van der Waals surface area contributed by atoms with Crippen LogP contribution in [0.5, 0.6) is 0 Å². The summed E-state index contributed by atoms with van der Waals surface area (Å²) in [6.07, 6.45) is 6.88. The molecule has 4 nitrogen and oxygen atoms in total. The molecule has 1 heterocycles. The van der Waals surface area contributed by atoms with Crippen molar-refractivity contribution in [2.24, 2.45) is 5.92 Å². The number of carbonyl (C=O) groups excluding carboxylic acids is 2. The van der Waals surface area contributed by atoms with Gasteiger partial charge < -0.3 is 4.90 Å². The van der Waals surface area contributed by atoms with Crippen molar-refractivity contribution in [2.45, 2.75) is 44.6 Å². The molecule has 2 fully saturated rings. The van der Waals surface area contributed by atoms with Crippen molar-refractivity contribution >= 4 is 23.7 Å². The lowest BCUT2D eigenvalue weighted by Crippen LogP contribution is -2.52. The van der Waals surface area contributed by atoms with E-state index in [1.807, 2.05) is 0 Å². The number of hydrogen-bond acceptors (Lipinski definition) is 3. The van der Waals surface area contributed by atoms with Gasteiger partial charge in [-0.3, -0.25) is 10.1 Å². The number of urea groups is 1. The number of nitrogens with one attached hydrogen (secondary N) is 1. The number of carbonyl (C=O) groups is 2. The van der Waals surface area contributed by atoms with Gasteiger partial charge in [0.2, 0.25) is 0 Å². The molecule has 1 saturated heterocycles. The number of hydrogen-bond donors (Lipinski definition) is 1. The molecule has 2 aliphatic rings. The van der Waals surface area contributed by atoms with Gasteiger partial charge in [-0.05, 0) is 37.2 Å². The van der Waals surface area contributed by atoms with Gasteiger partial charge in [-0.25, -0.2) is 4.79 Å². The molecule has 0 radical (unpaired) electrons. The molecule has 1 aliphatic heterocycles. The highest BCUT2D eigenvalue weighted by molar-refractivity contribution is 7.98. The van der Waals surface area contributed by atoms with E-state index in [1.165, 1.54) is 6.42 Å². The van der Waals surface area contributed by atoms with Crippen molar-refractivity contribution in [1.29, 1.82) is 0 Å². The standard InChI is InChI=1S/C13H22N2O2S/c1-10-5-3-6-13(9-10)11(16)14-12(17)15(13)7-4-8-18-2/h10H,3-9H2,1-2H3,(H,14,16,17). The molecule has 2 rings (SSSR count). The minimum absolute atomic E-state index is 0.0665. The van der Waals surface area contributed by atoms with Crippen molar-refractivity contribution in [1.82, 2.24) is 10.2 Å². The fraction of sp³-hybridized carbons (Fsp3) is 0.846. The number of imide groups is 1. The Balaban J connectivity index is 2.13. The second-order valence-electron chi connectivity index (χ2n) is 5.49. The SMILES string of the molecule is CSCCCN1C(=O)NC(=O)C12CCCC(C)C2. The molecular formula is C13H22N2O2S. The van der Waals surface area contributed by atoms with Gasteiger partial charge in [0, 0.05) is 6.54 Å². The summed E-state index contributed by atoms with van der Waals surface area (Å²) in [6, 6.07) is -0.185. The first-order valence-electron chi connectivity index (χ1n) is 6.72. The fourth-order valence-corrected chi connectivity index (χ4v) is 3.67. The van der Waals surface area contributed by atoms with Crippen LogP contribution in [0.1, 0.15) is 39.0 Å². The maximum Gasteiger partial charge on any atom is 0.325 e. The maximum absolute atomic E-state index is 12.2. The molecule has 1 spiro atoms. The van der Waals surface area contributed by atoms with Crippen LogP contribution in [0, 0.1) is 5.92 Å². The second-order valence-corrected chi connectivity index (χ2v) is 6.48. The Morgan fingerprint density at radius 2 is 2.28 bits per heavy atom. The molecule has 0 aromatic rings. The predicted octanol–water partition coefficient (Wildman–Crippen LogP) is 2.24. The summed E-state index contributed by atoms with van der Waals surface area (Å²) in [5.74, 6) is 1.49. The zero-order chi connectivity index (χ0) is 13.2. The summed E-state index contributed by atoms with van der Waals surface area (Å²) < 4.78 is 0. The predicted molar refractivity (Wildman–Crippen MR) is 73.6 cm³/mol. The quantitative estimate of drug-likeness (QED) is 0.629. The Hall–Kier alpha value is -0.710. The van der Waals surface area contributed by atoms with Crippen LogP contribution in [0.3, 0.4) is 0 Å². The third-order valence-electron chi connectivity index (χ3n) is 4.11. The molecule has 0 aromatic carbocycles. The van der Waals surface area contributed by atoms with E-state index < -0.39 is 5.54 Å². The summed E-state index contributed by atoms with van der Waals surface area (Å²) in [5, 5.41) is 2.52. The highest BCUT2D eigenvalue weighted by Crippen LogP contribution is 2.39. The van der Waals surface area contributed by atoms with E-state index in [0.717, 1.165) is 31.4 Å². The zero-order valence-electron chi connectivity index (χ0n) is 11.2. The maximum atomic E-state index is 12.2. The van der Waals surface area contributed by atoms with E-state index in [9.17, 15) is 9.59 Å². The lowest BCUT2D eigenvalue weighted by Gasteiger charge is -2.40. The van der Waals surface area contributed by atoms with E-state index in [2.05, 4.69) is 18.5 Å². The van der Waals surface area contributed by atoms with Crippen molar-refractivity contribution in [3.8, 4) is 0 Å². The Labute approximate surface area is 113 Å². The van der Waals surface area contributed by atoms with E-state index in [0.29, 0.717) is 12.5 Å². The molecule has 2 atom stereocenters. The Morgan fingerprint density at radius 1 is 1.50 bits per heavy atom. The van der Waals surface area contributed by atoms with Gasteiger partial charge in [0.05, 0.1) is 0 Å². The molecule has 5 heteroatoms. The van der Waals surface area contributed by atoms with Crippen LogP contribution in [0.15, 0.2) is 0 Å². The van der Waals surface area contributed by atoms with Gasteiger partial charge >= 0.3 is 6.03 Å². The molecule has 18 heavy (non-hydrogen) atoms. The number of amides is 3. The number of thioether (sulfide) groups is 1. The van der Waals surface area contributed by atoms with E-state index in [4.69, 9.17) is 0 Å². The van der Waals surface area contributed by atoms with Gasteiger partial charge in [0.25, 0.3) is 5.91 Å².